The summed E-state index contributed by atoms with van der Waals surface area (Å²) in [4.78, 5) is 17.0. The van der Waals surface area contributed by atoms with Gasteiger partial charge < -0.3 is 9.72 Å². The van der Waals surface area contributed by atoms with Gasteiger partial charge >= 0.3 is 0 Å². The first-order valence-corrected chi connectivity index (χ1v) is 8.57. The highest BCUT2D eigenvalue weighted by Gasteiger charge is 2.10. The Balaban J connectivity index is 1.59. The minimum Gasteiger partial charge on any atom is -0.326 e. The summed E-state index contributed by atoms with van der Waals surface area (Å²) in [6, 6.07) is 21.7. The van der Waals surface area contributed by atoms with E-state index in [9.17, 15) is 4.79 Å². The number of hydrogen-bond acceptors (Lipinski definition) is 2. The van der Waals surface area contributed by atoms with E-state index in [-0.39, 0.29) is 5.91 Å². The lowest BCUT2D eigenvalue weighted by atomic mass is 10.1. The minimum atomic E-state index is -0.0218. The number of amides is 1. The van der Waals surface area contributed by atoms with Crippen LogP contribution in [-0.4, -0.2) is 15.3 Å². The van der Waals surface area contributed by atoms with Crippen LogP contribution in [-0.2, 0) is 11.2 Å². The Hall–Kier alpha value is -3.40. The number of benzene rings is 2. The van der Waals surface area contributed by atoms with Gasteiger partial charge in [0.2, 0.25) is 5.91 Å². The maximum Gasteiger partial charge on any atom is 0.228 e. The molecule has 2 aromatic heterocycles. The highest BCUT2D eigenvalue weighted by atomic mass is 16.1. The monoisotopic (exact) mass is 341 g/mol. The normalized spacial score (nSPS) is 10.8. The summed E-state index contributed by atoms with van der Waals surface area (Å²) in [5.74, 6) is -0.0218. The Kier molecular flexibility index (Phi) is 4.23. The standard InChI is InChI=1S/C22H19N3O/c1-16-10-11-18(20-15-25-12-6-5-9-21(25)23-20)14-19(16)24-22(26)13-17-7-3-2-4-8-17/h2-12,14-15H,13H2,1H3,(H,24,26). The Morgan fingerprint density at radius 3 is 2.65 bits per heavy atom. The summed E-state index contributed by atoms with van der Waals surface area (Å²) in [6.07, 6.45) is 4.33. The van der Waals surface area contributed by atoms with Crippen molar-refractivity contribution >= 4 is 17.2 Å². The summed E-state index contributed by atoms with van der Waals surface area (Å²) in [7, 11) is 0. The number of imidazole rings is 1. The first-order valence-electron chi connectivity index (χ1n) is 8.57. The van der Waals surface area contributed by atoms with Crippen molar-refractivity contribution < 1.29 is 4.79 Å². The van der Waals surface area contributed by atoms with Gasteiger partial charge in [0.25, 0.3) is 0 Å². The molecule has 4 nitrogen and oxygen atoms in total. The zero-order valence-corrected chi connectivity index (χ0v) is 14.5. The molecule has 0 aliphatic heterocycles. The fraction of sp³-hybridized carbons (Fsp3) is 0.0909. The number of rotatable bonds is 4. The molecule has 0 bridgehead atoms. The van der Waals surface area contributed by atoms with Gasteiger partial charge in [0.05, 0.1) is 12.1 Å². The Labute approximate surface area is 152 Å². The second-order valence-corrected chi connectivity index (χ2v) is 6.33. The van der Waals surface area contributed by atoms with Crippen molar-refractivity contribution in [2.24, 2.45) is 0 Å². The van der Waals surface area contributed by atoms with E-state index in [0.717, 1.165) is 33.7 Å². The molecule has 4 heteroatoms. The van der Waals surface area contributed by atoms with Crippen LogP contribution < -0.4 is 5.32 Å². The van der Waals surface area contributed by atoms with Gasteiger partial charge in [0, 0.05) is 23.6 Å². The molecule has 1 N–H and O–H groups in total. The first-order chi connectivity index (χ1) is 12.7. The Morgan fingerprint density at radius 2 is 1.85 bits per heavy atom. The Morgan fingerprint density at radius 1 is 1.04 bits per heavy atom. The average Bonchev–Trinajstić information content (AvgIpc) is 3.08. The summed E-state index contributed by atoms with van der Waals surface area (Å²) >= 11 is 0. The van der Waals surface area contributed by atoms with E-state index in [1.165, 1.54) is 0 Å². The average molecular weight is 341 g/mol. The molecule has 0 radical (unpaired) electrons. The van der Waals surface area contributed by atoms with Crippen LogP contribution in [0.1, 0.15) is 11.1 Å². The summed E-state index contributed by atoms with van der Waals surface area (Å²) in [5.41, 5.74) is 5.61. The van der Waals surface area contributed by atoms with Gasteiger partial charge in [-0.05, 0) is 36.2 Å². The van der Waals surface area contributed by atoms with Crippen molar-refractivity contribution in [2.45, 2.75) is 13.3 Å². The lowest BCUT2D eigenvalue weighted by molar-refractivity contribution is -0.115. The molecule has 0 atom stereocenters. The molecule has 0 aliphatic carbocycles. The SMILES string of the molecule is Cc1ccc(-c2cn3ccccc3n2)cc1NC(=O)Cc1ccccc1. The number of anilines is 1. The molecule has 4 rings (SSSR count). The molecule has 128 valence electrons. The van der Waals surface area contributed by atoms with Gasteiger partial charge in [0.15, 0.2) is 0 Å². The molecule has 0 saturated carbocycles. The van der Waals surface area contributed by atoms with Gasteiger partial charge in [-0.2, -0.15) is 0 Å². The number of aryl methyl sites for hydroxylation is 1. The molecule has 0 unspecified atom stereocenters. The fourth-order valence-corrected chi connectivity index (χ4v) is 2.97. The predicted molar refractivity (Wildman–Crippen MR) is 104 cm³/mol. The molecular weight excluding hydrogens is 322 g/mol. The third-order valence-corrected chi connectivity index (χ3v) is 4.38. The second-order valence-electron chi connectivity index (χ2n) is 6.33. The van der Waals surface area contributed by atoms with Gasteiger partial charge in [-0.1, -0.05) is 48.5 Å². The number of nitrogens with one attached hydrogen (secondary N) is 1. The van der Waals surface area contributed by atoms with E-state index in [2.05, 4.69) is 10.3 Å². The largest absolute Gasteiger partial charge is 0.326 e. The Bertz CT molecular complexity index is 1030. The highest BCUT2D eigenvalue weighted by molar-refractivity contribution is 5.93. The lowest BCUT2D eigenvalue weighted by Gasteiger charge is -2.10. The van der Waals surface area contributed by atoms with Gasteiger partial charge in [-0.15, -0.1) is 0 Å². The maximum absolute atomic E-state index is 12.4. The number of fused-ring (bicyclic) bond motifs is 1. The molecule has 0 fully saturated rings. The fourth-order valence-electron chi connectivity index (χ4n) is 2.97. The minimum absolute atomic E-state index is 0.0218. The van der Waals surface area contributed by atoms with Crippen LogP contribution >= 0.6 is 0 Å². The number of carbonyl (C=O) groups excluding carboxylic acids is 1. The highest BCUT2D eigenvalue weighted by Crippen LogP contribution is 2.25. The number of carbonyl (C=O) groups is 1. The molecular formula is C22H19N3O. The van der Waals surface area contributed by atoms with Gasteiger partial charge in [-0.25, -0.2) is 4.98 Å². The zero-order chi connectivity index (χ0) is 17.9. The number of aromatic nitrogens is 2. The molecule has 0 spiro atoms. The van der Waals surface area contributed by atoms with Crippen molar-refractivity contribution in [3.05, 3.63) is 90.3 Å². The second kappa shape index (κ2) is 6.84. The third kappa shape index (κ3) is 3.35. The number of nitrogens with zero attached hydrogens (tertiary/aromatic N) is 2. The molecule has 26 heavy (non-hydrogen) atoms. The molecule has 0 aliphatic rings. The van der Waals surface area contributed by atoms with E-state index in [0.29, 0.717) is 6.42 Å². The van der Waals surface area contributed by atoms with Crippen LogP contribution in [0.2, 0.25) is 0 Å². The molecule has 0 saturated heterocycles. The number of hydrogen-bond donors (Lipinski definition) is 1. The van der Waals surface area contributed by atoms with Crippen LogP contribution in [0.4, 0.5) is 5.69 Å². The van der Waals surface area contributed by atoms with Crippen molar-refractivity contribution in [3.8, 4) is 11.3 Å². The molecule has 2 heterocycles. The van der Waals surface area contributed by atoms with Crippen LogP contribution in [0.15, 0.2) is 79.1 Å². The van der Waals surface area contributed by atoms with Crippen LogP contribution in [0.5, 0.6) is 0 Å². The van der Waals surface area contributed by atoms with Crippen molar-refractivity contribution in [3.63, 3.8) is 0 Å². The van der Waals surface area contributed by atoms with E-state index >= 15 is 0 Å². The summed E-state index contributed by atoms with van der Waals surface area (Å²) in [6.45, 7) is 1.99. The van der Waals surface area contributed by atoms with Crippen molar-refractivity contribution in [2.75, 3.05) is 5.32 Å². The smallest absolute Gasteiger partial charge is 0.228 e. The quantitative estimate of drug-likeness (QED) is 0.594. The first kappa shape index (κ1) is 16.1. The maximum atomic E-state index is 12.4. The topological polar surface area (TPSA) is 46.4 Å². The van der Waals surface area contributed by atoms with E-state index in [1.54, 1.807) is 0 Å². The molecule has 1 amide bonds. The van der Waals surface area contributed by atoms with E-state index in [4.69, 9.17) is 0 Å². The van der Waals surface area contributed by atoms with Crippen LogP contribution in [0.25, 0.3) is 16.9 Å². The number of pyridine rings is 1. The summed E-state index contributed by atoms with van der Waals surface area (Å²) in [5, 5.41) is 3.03. The zero-order valence-electron chi connectivity index (χ0n) is 14.5. The van der Waals surface area contributed by atoms with Crippen LogP contribution in [0, 0.1) is 6.92 Å². The van der Waals surface area contributed by atoms with E-state index in [1.807, 2.05) is 90.4 Å². The lowest BCUT2D eigenvalue weighted by Crippen LogP contribution is -2.15. The summed E-state index contributed by atoms with van der Waals surface area (Å²) < 4.78 is 1.99. The van der Waals surface area contributed by atoms with E-state index < -0.39 is 0 Å². The third-order valence-electron chi connectivity index (χ3n) is 4.38. The molecule has 4 aromatic rings. The van der Waals surface area contributed by atoms with Crippen molar-refractivity contribution in [1.29, 1.82) is 0 Å². The predicted octanol–water partition coefficient (Wildman–Crippen LogP) is 4.49. The van der Waals surface area contributed by atoms with Crippen molar-refractivity contribution in [1.82, 2.24) is 9.38 Å². The molecule has 2 aromatic carbocycles. The van der Waals surface area contributed by atoms with Crippen LogP contribution in [0.3, 0.4) is 0 Å². The van der Waals surface area contributed by atoms with Gasteiger partial charge in [-0.3, -0.25) is 4.79 Å². The van der Waals surface area contributed by atoms with Gasteiger partial charge in [0.1, 0.15) is 5.65 Å².